The number of carbonyl (C=O) groups is 2. The summed E-state index contributed by atoms with van der Waals surface area (Å²) in [5.41, 5.74) is 1.07. The number of amides is 1. The molecule has 1 saturated carbocycles. The fourth-order valence-corrected chi connectivity index (χ4v) is 4.44. The number of hydrogen-bond acceptors (Lipinski definition) is 3. The predicted molar refractivity (Wildman–Crippen MR) is 105 cm³/mol. The Bertz CT molecular complexity index is 871. The second-order valence-corrected chi connectivity index (χ2v) is 7.80. The number of hydrogen-bond donors (Lipinski definition) is 1. The van der Waals surface area contributed by atoms with E-state index in [0.717, 1.165) is 23.3 Å². The zero-order chi connectivity index (χ0) is 19.7. The lowest BCUT2D eigenvalue weighted by atomic mass is 9.73. The molecule has 1 heterocycles. The van der Waals surface area contributed by atoms with Gasteiger partial charge in [-0.1, -0.05) is 42.5 Å². The number of carboxylic acids is 1. The third-order valence-electron chi connectivity index (χ3n) is 6.29. The quantitative estimate of drug-likeness (QED) is 0.864. The highest BCUT2D eigenvalue weighted by atomic mass is 16.5. The van der Waals surface area contributed by atoms with Gasteiger partial charge in [-0.15, -0.1) is 0 Å². The first-order valence-corrected chi connectivity index (χ1v) is 9.77. The second kappa shape index (κ2) is 7.30. The average molecular weight is 379 g/mol. The Balaban J connectivity index is 1.42. The van der Waals surface area contributed by atoms with Crippen LogP contribution in [0.4, 0.5) is 0 Å². The summed E-state index contributed by atoms with van der Waals surface area (Å²) in [6, 6.07) is 17.3. The third-order valence-corrected chi connectivity index (χ3v) is 6.29. The van der Waals surface area contributed by atoms with Crippen molar-refractivity contribution in [3.8, 4) is 5.75 Å². The molecule has 1 aliphatic heterocycles. The lowest BCUT2D eigenvalue weighted by Gasteiger charge is -2.39. The van der Waals surface area contributed by atoms with Crippen LogP contribution in [-0.4, -0.2) is 42.1 Å². The standard InChI is InChI=1S/C23H25NO4/c1-28-18-9-5-6-16(14-18)19-15-20(19)21(25)24-12-10-23(11-13-24,22(26)27)17-7-3-2-4-8-17/h2-9,14,19-20H,10-13,15H2,1H3,(H,26,27)/t19-,20+/m1/s1. The van der Waals surface area contributed by atoms with Crippen LogP contribution in [0.15, 0.2) is 54.6 Å². The summed E-state index contributed by atoms with van der Waals surface area (Å²) in [5, 5.41) is 9.91. The zero-order valence-corrected chi connectivity index (χ0v) is 16.0. The van der Waals surface area contributed by atoms with Crippen LogP contribution in [0.3, 0.4) is 0 Å². The topological polar surface area (TPSA) is 66.8 Å². The Hall–Kier alpha value is -2.82. The highest BCUT2D eigenvalue weighted by Crippen LogP contribution is 2.49. The maximum Gasteiger partial charge on any atom is 0.314 e. The highest BCUT2D eigenvalue weighted by molar-refractivity contribution is 5.85. The first-order chi connectivity index (χ1) is 13.5. The van der Waals surface area contributed by atoms with Gasteiger partial charge < -0.3 is 14.7 Å². The van der Waals surface area contributed by atoms with Crippen molar-refractivity contribution in [3.63, 3.8) is 0 Å². The van der Waals surface area contributed by atoms with Gasteiger partial charge in [0, 0.05) is 19.0 Å². The van der Waals surface area contributed by atoms with Crippen LogP contribution in [-0.2, 0) is 15.0 Å². The van der Waals surface area contributed by atoms with Crippen LogP contribution < -0.4 is 4.74 Å². The molecular weight excluding hydrogens is 354 g/mol. The number of rotatable bonds is 5. The molecule has 2 atom stereocenters. The fraction of sp³-hybridized carbons (Fsp3) is 0.391. The SMILES string of the molecule is COc1cccc([C@H]2C[C@@H]2C(=O)N2CCC(C(=O)O)(c3ccccc3)CC2)c1. The molecule has 2 fully saturated rings. The lowest BCUT2D eigenvalue weighted by molar-refractivity contribution is -0.148. The highest BCUT2D eigenvalue weighted by Gasteiger charge is 2.49. The van der Waals surface area contributed by atoms with Gasteiger partial charge in [0.1, 0.15) is 5.75 Å². The van der Waals surface area contributed by atoms with Gasteiger partial charge in [-0.05, 0) is 48.4 Å². The monoisotopic (exact) mass is 379 g/mol. The normalized spacial score (nSPS) is 23.1. The van der Waals surface area contributed by atoms with Gasteiger partial charge in [0.25, 0.3) is 0 Å². The summed E-state index contributed by atoms with van der Waals surface area (Å²) in [5.74, 6) is 0.401. The third kappa shape index (κ3) is 3.26. The minimum Gasteiger partial charge on any atom is -0.497 e. The summed E-state index contributed by atoms with van der Waals surface area (Å²) in [4.78, 5) is 26.9. The Kier molecular flexibility index (Phi) is 4.84. The molecule has 2 aromatic carbocycles. The maximum absolute atomic E-state index is 13.0. The van der Waals surface area contributed by atoms with E-state index < -0.39 is 11.4 Å². The van der Waals surface area contributed by atoms with Crippen molar-refractivity contribution >= 4 is 11.9 Å². The van der Waals surface area contributed by atoms with Crippen molar-refractivity contribution in [1.82, 2.24) is 4.90 Å². The first kappa shape index (κ1) is 18.5. The molecule has 0 unspecified atom stereocenters. The number of likely N-dealkylation sites (tertiary alicyclic amines) is 1. The first-order valence-electron chi connectivity index (χ1n) is 9.77. The average Bonchev–Trinajstić information content (AvgIpc) is 3.55. The van der Waals surface area contributed by atoms with Gasteiger partial charge in [-0.2, -0.15) is 0 Å². The molecule has 5 nitrogen and oxygen atoms in total. The largest absolute Gasteiger partial charge is 0.497 e. The predicted octanol–water partition coefficient (Wildman–Crippen LogP) is 3.44. The Morgan fingerprint density at radius 2 is 1.79 bits per heavy atom. The van der Waals surface area contributed by atoms with Gasteiger partial charge >= 0.3 is 5.97 Å². The summed E-state index contributed by atoms with van der Waals surface area (Å²) in [6.07, 6.45) is 1.76. The van der Waals surface area contributed by atoms with Gasteiger partial charge in [-0.3, -0.25) is 9.59 Å². The molecule has 1 N–H and O–H groups in total. The smallest absolute Gasteiger partial charge is 0.314 e. The number of benzene rings is 2. The summed E-state index contributed by atoms with van der Waals surface area (Å²) < 4.78 is 5.28. The van der Waals surface area contributed by atoms with Crippen LogP contribution in [0.25, 0.3) is 0 Å². The number of carbonyl (C=O) groups excluding carboxylic acids is 1. The van der Waals surface area contributed by atoms with Crippen molar-refractivity contribution in [2.75, 3.05) is 20.2 Å². The number of ether oxygens (including phenoxy) is 1. The minimum atomic E-state index is -0.895. The van der Waals surface area contributed by atoms with Crippen molar-refractivity contribution in [3.05, 3.63) is 65.7 Å². The van der Waals surface area contributed by atoms with E-state index in [2.05, 4.69) is 0 Å². The number of piperidine rings is 1. The van der Waals surface area contributed by atoms with Gasteiger partial charge in [-0.25, -0.2) is 0 Å². The summed E-state index contributed by atoms with van der Waals surface area (Å²) in [6.45, 7) is 0.975. The molecule has 2 aromatic rings. The molecule has 5 heteroatoms. The second-order valence-electron chi connectivity index (χ2n) is 7.80. The van der Waals surface area contributed by atoms with Crippen molar-refractivity contribution in [1.29, 1.82) is 0 Å². The molecule has 4 rings (SSSR count). The van der Waals surface area contributed by atoms with Crippen molar-refractivity contribution < 1.29 is 19.4 Å². The Morgan fingerprint density at radius 3 is 2.43 bits per heavy atom. The molecule has 1 aliphatic carbocycles. The number of methoxy groups -OCH3 is 1. The van der Waals surface area contributed by atoms with E-state index in [9.17, 15) is 14.7 Å². The molecule has 0 spiro atoms. The van der Waals surface area contributed by atoms with E-state index in [0.29, 0.717) is 25.9 Å². The Morgan fingerprint density at radius 1 is 1.07 bits per heavy atom. The van der Waals surface area contributed by atoms with Crippen LogP contribution in [0.1, 0.15) is 36.3 Å². The Labute approximate surface area is 164 Å². The number of carboxylic acid groups (broad SMARTS) is 1. The van der Waals surface area contributed by atoms with Crippen molar-refractivity contribution in [2.24, 2.45) is 5.92 Å². The van der Waals surface area contributed by atoms with Crippen LogP contribution in [0.2, 0.25) is 0 Å². The summed E-state index contributed by atoms with van der Waals surface area (Å²) >= 11 is 0. The van der Waals surface area contributed by atoms with Crippen LogP contribution in [0.5, 0.6) is 5.75 Å². The van der Waals surface area contributed by atoms with E-state index in [4.69, 9.17) is 4.74 Å². The minimum absolute atomic E-state index is 0.00107. The molecular formula is C23H25NO4. The molecule has 28 heavy (non-hydrogen) atoms. The molecule has 146 valence electrons. The number of aliphatic carboxylic acids is 1. The molecule has 0 radical (unpaired) electrons. The maximum atomic E-state index is 13.0. The van der Waals surface area contributed by atoms with E-state index in [1.165, 1.54) is 0 Å². The fourth-order valence-electron chi connectivity index (χ4n) is 4.44. The summed E-state index contributed by atoms with van der Waals surface area (Å²) in [7, 11) is 1.64. The molecule has 0 bridgehead atoms. The lowest BCUT2D eigenvalue weighted by Crippen LogP contribution is -2.49. The zero-order valence-electron chi connectivity index (χ0n) is 16.0. The van der Waals surface area contributed by atoms with Gasteiger partial charge in [0.05, 0.1) is 12.5 Å². The van der Waals surface area contributed by atoms with Crippen LogP contribution in [0, 0.1) is 5.92 Å². The van der Waals surface area contributed by atoms with E-state index in [1.807, 2.05) is 59.5 Å². The molecule has 1 saturated heterocycles. The molecule has 1 amide bonds. The molecule has 2 aliphatic rings. The van der Waals surface area contributed by atoms with Gasteiger partial charge in [0.2, 0.25) is 5.91 Å². The molecule has 0 aromatic heterocycles. The van der Waals surface area contributed by atoms with Crippen LogP contribution >= 0.6 is 0 Å². The van der Waals surface area contributed by atoms with Crippen molar-refractivity contribution in [2.45, 2.75) is 30.6 Å². The van der Waals surface area contributed by atoms with E-state index >= 15 is 0 Å². The van der Waals surface area contributed by atoms with E-state index in [-0.39, 0.29) is 17.7 Å². The van der Waals surface area contributed by atoms with E-state index in [1.54, 1.807) is 7.11 Å². The van der Waals surface area contributed by atoms with Gasteiger partial charge in [0.15, 0.2) is 0 Å². The number of nitrogens with zero attached hydrogens (tertiary/aromatic N) is 1.